The smallest absolute Gasteiger partial charge is 0.276 e. The molecule has 0 amide bonds. The molecule has 0 atom stereocenters. The van der Waals surface area contributed by atoms with Crippen molar-refractivity contribution in [1.29, 1.82) is 0 Å². The molecule has 31 heavy (non-hydrogen) atoms. The highest BCUT2D eigenvalue weighted by molar-refractivity contribution is 7.89. The van der Waals surface area contributed by atoms with Gasteiger partial charge in [0.05, 0.1) is 18.2 Å². The number of sulfonamides is 1. The largest absolute Gasteiger partial charge is 0.493 e. The van der Waals surface area contributed by atoms with E-state index in [1.807, 2.05) is 45.0 Å². The minimum Gasteiger partial charge on any atom is -0.493 e. The summed E-state index contributed by atoms with van der Waals surface area (Å²) >= 11 is 0. The maximum atomic E-state index is 12.5. The summed E-state index contributed by atoms with van der Waals surface area (Å²) < 4.78 is 36.2. The average Bonchev–Trinajstić information content (AvgIpc) is 2.75. The Morgan fingerprint density at radius 3 is 2.32 bits per heavy atom. The summed E-state index contributed by atoms with van der Waals surface area (Å²) in [5.41, 5.74) is 4.81. The summed E-state index contributed by atoms with van der Waals surface area (Å²) in [5, 5.41) is 3.91. The molecule has 0 spiro atoms. The summed E-state index contributed by atoms with van der Waals surface area (Å²) in [6, 6.07) is 18.3. The molecule has 0 unspecified atom stereocenters. The molecule has 3 rings (SSSR count). The van der Waals surface area contributed by atoms with Crippen LogP contribution < -0.4 is 14.3 Å². The van der Waals surface area contributed by atoms with Gasteiger partial charge in [-0.05, 0) is 73.4 Å². The molecular weight excluding hydrogens is 412 g/mol. The van der Waals surface area contributed by atoms with Crippen molar-refractivity contribution in [2.75, 3.05) is 7.11 Å². The molecule has 3 aromatic carbocycles. The Bertz CT molecular complexity index is 1190. The molecule has 0 aliphatic carbocycles. The lowest BCUT2D eigenvalue weighted by Gasteiger charge is -2.11. The van der Waals surface area contributed by atoms with Gasteiger partial charge in [0.2, 0.25) is 0 Å². The van der Waals surface area contributed by atoms with Crippen LogP contribution >= 0.6 is 0 Å². The highest BCUT2D eigenvalue weighted by Crippen LogP contribution is 2.28. The normalized spacial score (nSPS) is 11.5. The molecule has 0 bridgehead atoms. The first-order chi connectivity index (χ1) is 14.8. The summed E-state index contributed by atoms with van der Waals surface area (Å²) in [5.74, 6) is 1.13. The monoisotopic (exact) mass is 438 g/mol. The number of methoxy groups -OCH3 is 1. The summed E-state index contributed by atoms with van der Waals surface area (Å²) in [7, 11) is -2.18. The molecule has 0 saturated heterocycles. The first-order valence-electron chi connectivity index (χ1n) is 9.77. The Labute approximate surface area is 183 Å². The van der Waals surface area contributed by atoms with Crippen LogP contribution in [0, 0.1) is 20.8 Å². The predicted molar refractivity (Wildman–Crippen MR) is 122 cm³/mol. The molecule has 0 aromatic heterocycles. The van der Waals surface area contributed by atoms with Gasteiger partial charge in [0, 0.05) is 0 Å². The van der Waals surface area contributed by atoms with Gasteiger partial charge in [0.15, 0.2) is 11.5 Å². The van der Waals surface area contributed by atoms with E-state index in [9.17, 15) is 8.42 Å². The second kappa shape index (κ2) is 9.66. The number of nitrogens with zero attached hydrogens (tertiary/aromatic N) is 1. The van der Waals surface area contributed by atoms with Crippen LogP contribution in [0.5, 0.6) is 11.5 Å². The van der Waals surface area contributed by atoms with Crippen molar-refractivity contribution in [2.24, 2.45) is 5.10 Å². The zero-order valence-electron chi connectivity index (χ0n) is 18.0. The standard InChI is InChI=1S/C24H26N2O4S/c1-17-5-8-20(9-6-17)16-30-24-14-21(10-12-23(24)29-4)15-25-26-31(27,28)22-11-7-18(2)19(3)13-22/h5-15,26H,16H2,1-4H3/b25-15+. The zero-order valence-corrected chi connectivity index (χ0v) is 18.9. The fourth-order valence-electron chi connectivity index (χ4n) is 2.84. The third kappa shape index (κ3) is 5.86. The van der Waals surface area contributed by atoms with E-state index in [2.05, 4.69) is 9.93 Å². The lowest BCUT2D eigenvalue weighted by Crippen LogP contribution is -2.18. The number of aryl methyl sites for hydroxylation is 3. The van der Waals surface area contributed by atoms with E-state index in [4.69, 9.17) is 9.47 Å². The molecule has 0 heterocycles. The number of nitrogens with one attached hydrogen (secondary N) is 1. The number of rotatable bonds is 8. The maximum absolute atomic E-state index is 12.5. The number of ether oxygens (including phenoxy) is 2. The molecule has 0 saturated carbocycles. The fraction of sp³-hybridized carbons (Fsp3) is 0.208. The van der Waals surface area contributed by atoms with Gasteiger partial charge in [-0.3, -0.25) is 0 Å². The van der Waals surface area contributed by atoms with E-state index in [-0.39, 0.29) is 4.90 Å². The molecule has 0 fully saturated rings. The number of hydrogen-bond donors (Lipinski definition) is 1. The van der Waals surface area contributed by atoms with E-state index >= 15 is 0 Å². The molecule has 1 N–H and O–H groups in total. The van der Waals surface area contributed by atoms with Gasteiger partial charge in [0.25, 0.3) is 10.0 Å². The second-order valence-electron chi connectivity index (χ2n) is 7.28. The Kier molecular flexibility index (Phi) is 6.97. The Balaban J connectivity index is 1.72. The lowest BCUT2D eigenvalue weighted by molar-refractivity contribution is 0.284. The van der Waals surface area contributed by atoms with E-state index in [0.717, 1.165) is 16.7 Å². The van der Waals surface area contributed by atoms with Crippen molar-refractivity contribution < 1.29 is 17.9 Å². The van der Waals surface area contributed by atoms with Crippen LogP contribution in [-0.2, 0) is 16.6 Å². The third-order valence-electron chi connectivity index (χ3n) is 4.88. The molecule has 7 heteroatoms. The topological polar surface area (TPSA) is 77.0 Å². The first-order valence-corrected chi connectivity index (χ1v) is 11.3. The van der Waals surface area contributed by atoms with Crippen molar-refractivity contribution in [2.45, 2.75) is 32.3 Å². The lowest BCUT2D eigenvalue weighted by atomic mass is 10.1. The third-order valence-corrected chi connectivity index (χ3v) is 6.10. The maximum Gasteiger partial charge on any atom is 0.276 e. The Morgan fingerprint density at radius 1 is 0.903 bits per heavy atom. The van der Waals surface area contributed by atoms with Crippen LogP contribution in [0.15, 0.2) is 70.7 Å². The molecule has 0 aliphatic rings. The van der Waals surface area contributed by atoms with Gasteiger partial charge in [-0.15, -0.1) is 0 Å². The van der Waals surface area contributed by atoms with E-state index < -0.39 is 10.0 Å². The highest BCUT2D eigenvalue weighted by Gasteiger charge is 2.13. The van der Waals surface area contributed by atoms with Crippen LogP contribution in [-0.4, -0.2) is 21.7 Å². The van der Waals surface area contributed by atoms with Gasteiger partial charge >= 0.3 is 0 Å². The SMILES string of the molecule is COc1ccc(/C=N/NS(=O)(=O)c2ccc(C)c(C)c2)cc1OCc1ccc(C)cc1. The van der Waals surface area contributed by atoms with Gasteiger partial charge in [0.1, 0.15) is 6.61 Å². The van der Waals surface area contributed by atoms with Gasteiger partial charge in [-0.1, -0.05) is 35.9 Å². The van der Waals surface area contributed by atoms with Crippen LogP contribution in [0.3, 0.4) is 0 Å². The number of hydrazone groups is 1. The Morgan fingerprint density at radius 2 is 1.65 bits per heavy atom. The quantitative estimate of drug-likeness (QED) is 0.415. The number of benzene rings is 3. The highest BCUT2D eigenvalue weighted by atomic mass is 32.2. The molecule has 0 radical (unpaired) electrons. The first kappa shape index (κ1) is 22.4. The van der Waals surface area contributed by atoms with Gasteiger partial charge in [-0.25, -0.2) is 4.83 Å². The van der Waals surface area contributed by atoms with Crippen molar-refractivity contribution in [3.05, 3.63) is 88.5 Å². The van der Waals surface area contributed by atoms with Crippen molar-refractivity contribution in [3.8, 4) is 11.5 Å². The molecule has 3 aromatic rings. The minimum absolute atomic E-state index is 0.171. The van der Waals surface area contributed by atoms with Crippen LogP contribution in [0.2, 0.25) is 0 Å². The van der Waals surface area contributed by atoms with Crippen molar-refractivity contribution in [3.63, 3.8) is 0 Å². The van der Waals surface area contributed by atoms with Crippen molar-refractivity contribution >= 4 is 16.2 Å². The molecule has 162 valence electrons. The van der Waals surface area contributed by atoms with Crippen molar-refractivity contribution in [1.82, 2.24) is 4.83 Å². The fourth-order valence-corrected chi connectivity index (χ4v) is 3.71. The molecule has 0 aliphatic heterocycles. The minimum atomic E-state index is -3.75. The van der Waals surface area contributed by atoms with Crippen LogP contribution in [0.25, 0.3) is 0 Å². The van der Waals surface area contributed by atoms with Crippen LogP contribution in [0.1, 0.15) is 27.8 Å². The van der Waals surface area contributed by atoms with E-state index in [1.165, 1.54) is 11.8 Å². The Hall–Kier alpha value is -3.32. The molecular formula is C24H26N2O4S. The second-order valence-corrected chi connectivity index (χ2v) is 8.94. The van der Waals surface area contributed by atoms with Gasteiger partial charge < -0.3 is 9.47 Å². The number of hydrogen-bond acceptors (Lipinski definition) is 5. The van der Waals surface area contributed by atoms with E-state index in [1.54, 1.807) is 43.5 Å². The summed E-state index contributed by atoms with van der Waals surface area (Å²) in [6.45, 7) is 6.22. The average molecular weight is 439 g/mol. The van der Waals surface area contributed by atoms with E-state index in [0.29, 0.717) is 23.7 Å². The predicted octanol–water partition coefficient (Wildman–Crippen LogP) is 4.51. The zero-order chi connectivity index (χ0) is 22.4. The molecule has 6 nitrogen and oxygen atoms in total. The summed E-state index contributed by atoms with van der Waals surface area (Å²) in [6.07, 6.45) is 1.43. The summed E-state index contributed by atoms with van der Waals surface area (Å²) in [4.78, 5) is 2.42. The van der Waals surface area contributed by atoms with Gasteiger partial charge in [-0.2, -0.15) is 13.5 Å². The van der Waals surface area contributed by atoms with Crippen LogP contribution in [0.4, 0.5) is 0 Å².